The fourth-order valence-electron chi connectivity index (χ4n) is 3.13. The monoisotopic (exact) mass is 477 g/mol. The van der Waals surface area contributed by atoms with E-state index in [-0.39, 0.29) is 24.5 Å². The Morgan fingerprint density at radius 2 is 1.84 bits per heavy atom. The van der Waals surface area contributed by atoms with Crippen LogP contribution in [0.1, 0.15) is 40.0 Å². The number of carbonyl (C=O) groups is 3. The molecule has 1 aliphatic rings. The summed E-state index contributed by atoms with van der Waals surface area (Å²) in [5, 5.41) is 29.2. The summed E-state index contributed by atoms with van der Waals surface area (Å²) in [5.74, 6) is -1.09. The normalized spacial score (nSPS) is 32.2. The molecule has 0 radical (unpaired) electrons. The largest absolute Gasteiger partial charge is 0.457 e. The predicted molar refractivity (Wildman–Crippen MR) is 124 cm³/mol. The fraction of sp³-hybridized carbons (Fsp3) is 0.750. The minimum absolute atomic E-state index is 0.113. The zero-order valence-electron chi connectivity index (χ0n) is 18.2. The van der Waals surface area contributed by atoms with Crippen LogP contribution in [0.3, 0.4) is 0 Å². The van der Waals surface area contributed by atoms with Crippen molar-refractivity contribution in [1.82, 2.24) is 16.0 Å². The third-order valence-electron chi connectivity index (χ3n) is 4.86. The number of cyclic esters (lactones) is 1. The van der Waals surface area contributed by atoms with Crippen LogP contribution in [-0.2, 0) is 19.1 Å². The second-order valence-electron chi connectivity index (χ2n) is 7.91. The lowest BCUT2D eigenvalue weighted by atomic mass is 9.95. The van der Waals surface area contributed by atoms with Crippen LogP contribution in [0, 0.1) is 5.92 Å². The number of hydrogen-bond acceptors (Lipinski definition) is 9. The topological polar surface area (TPSA) is 137 Å². The van der Waals surface area contributed by atoms with Crippen molar-refractivity contribution in [1.29, 1.82) is 0 Å². The van der Waals surface area contributed by atoms with Crippen molar-refractivity contribution in [2.45, 2.75) is 76.6 Å². The molecular weight excluding hydrogens is 442 g/mol. The van der Waals surface area contributed by atoms with Gasteiger partial charge in [0, 0.05) is 11.8 Å². The molecule has 1 unspecified atom stereocenters. The van der Waals surface area contributed by atoms with E-state index in [4.69, 9.17) is 4.74 Å². The Labute approximate surface area is 194 Å². The van der Waals surface area contributed by atoms with Crippen LogP contribution in [0.25, 0.3) is 0 Å². The molecule has 0 bridgehead atoms. The number of thiol groups is 2. The van der Waals surface area contributed by atoms with E-state index in [2.05, 4.69) is 41.2 Å². The lowest BCUT2D eigenvalue weighted by Gasteiger charge is -2.33. The van der Waals surface area contributed by atoms with Crippen LogP contribution in [0.4, 0.5) is 0 Å². The molecule has 1 heterocycles. The Kier molecular flexibility index (Phi) is 12.5. The van der Waals surface area contributed by atoms with E-state index in [1.807, 2.05) is 13.8 Å². The number of aliphatic hydroxyl groups is 2. The van der Waals surface area contributed by atoms with Gasteiger partial charge in [-0.05, 0) is 31.1 Å². The van der Waals surface area contributed by atoms with E-state index in [0.29, 0.717) is 12.2 Å². The molecule has 1 rings (SSSR count). The Hall–Kier alpha value is -1.27. The van der Waals surface area contributed by atoms with Gasteiger partial charge in [-0.3, -0.25) is 19.7 Å². The number of ether oxygens (including phenoxy) is 1. The number of aliphatic hydroxyl groups excluding tert-OH is 2. The smallest absolute Gasteiger partial charge is 0.309 e. The Balaban J connectivity index is 3.15. The van der Waals surface area contributed by atoms with Crippen LogP contribution in [0.2, 0.25) is 0 Å². The summed E-state index contributed by atoms with van der Waals surface area (Å²) in [7, 11) is 0. The van der Waals surface area contributed by atoms with E-state index in [1.54, 1.807) is 12.2 Å². The van der Waals surface area contributed by atoms with Crippen LogP contribution in [0.15, 0.2) is 12.2 Å². The van der Waals surface area contributed by atoms with Crippen LogP contribution in [-0.4, -0.2) is 76.1 Å². The van der Waals surface area contributed by atoms with Gasteiger partial charge < -0.3 is 25.6 Å². The lowest BCUT2D eigenvalue weighted by molar-refractivity contribution is -0.151. The second-order valence-corrected chi connectivity index (χ2v) is 8.72. The molecule has 0 spiro atoms. The summed E-state index contributed by atoms with van der Waals surface area (Å²) in [4.78, 5) is 37.3. The molecule has 6 atom stereocenters. The maximum atomic E-state index is 12.5. The van der Waals surface area contributed by atoms with Gasteiger partial charge in [0.2, 0.25) is 11.8 Å². The van der Waals surface area contributed by atoms with Crippen LogP contribution >= 0.6 is 25.3 Å². The number of allylic oxidation sites excluding steroid dienone is 1. The van der Waals surface area contributed by atoms with E-state index < -0.39 is 54.3 Å². The van der Waals surface area contributed by atoms with Gasteiger partial charge in [0.15, 0.2) is 0 Å². The first-order chi connectivity index (χ1) is 14.6. The van der Waals surface area contributed by atoms with Gasteiger partial charge in [0.05, 0.1) is 25.0 Å². The van der Waals surface area contributed by atoms with Gasteiger partial charge in [-0.25, -0.2) is 0 Å². The molecule has 1 aliphatic heterocycles. The molecule has 0 saturated carbocycles. The summed E-state index contributed by atoms with van der Waals surface area (Å²) in [6, 6.07) is -2.31. The molecule has 1 fully saturated rings. The summed E-state index contributed by atoms with van der Waals surface area (Å²) in [6.45, 7) is 5.17. The van der Waals surface area contributed by atoms with Gasteiger partial charge >= 0.3 is 5.97 Å². The van der Waals surface area contributed by atoms with Crippen molar-refractivity contribution < 1.29 is 29.3 Å². The van der Waals surface area contributed by atoms with Crippen molar-refractivity contribution in [3.8, 4) is 0 Å². The molecule has 31 heavy (non-hydrogen) atoms. The van der Waals surface area contributed by atoms with Gasteiger partial charge in [-0.2, -0.15) is 25.3 Å². The Morgan fingerprint density at radius 3 is 2.42 bits per heavy atom. The minimum atomic E-state index is -1.23. The highest BCUT2D eigenvalue weighted by Gasteiger charge is 2.32. The maximum Gasteiger partial charge on any atom is 0.309 e. The average molecular weight is 478 g/mol. The highest BCUT2D eigenvalue weighted by Crippen LogP contribution is 2.14. The highest BCUT2D eigenvalue weighted by atomic mass is 32.1. The number of rotatable bonds is 5. The molecule has 178 valence electrons. The molecule has 0 aromatic rings. The number of carbonyl (C=O) groups excluding carboxylic acids is 3. The Morgan fingerprint density at radius 1 is 1.16 bits per heavy atom. The molecule has 0 aromatic heterocycles. The Bertz CT molecular complexity index is 634. The zero-order valence-corrected chi connectivity index (χ0v) is 19.9. The average Bonchev–Trinajstić information content (AvgIpc) is 2.68. The third-order valence-corrected chi connectivity index (χ3v) is 5.52. The minimum Gasteiger partial charge on any atom is -0.457 e. The molecule has 11 heteroatoms. The number of nitrogens with one attached hydrogen (secondary N) is 3. The van der Waals surface area contributed by atoms with Crippen molar-refractivity contribution in [2.24, 2.45) is 5.92 Å². The summed E-state index contributed by atoms with van der Waals surface area (Å²) in [6.07, 6.45) is 0.252. The maximum absolute atomic E-state index is 12.5. The van der Waals surface area contributed by atoms with Crippen molar-refractivity contribution in [3.63, 3.8) is 0 Å². The fourth-order valence-corrected chi connectivity index (χ4v) is 3.57. The van der Waals surface area contributed by atoms with Crippen molar-refractivity contribution in [3.05, 3.63) is 12.2 Å². The van der Waals surface area contributed by atoms with Gasteiger partial charge in [-0.15, -0.1) is 0 Å². The quantitative estimate of drug-likeness (QED) is 0.165. The van der Waals surface area contributed by atoms with E-state index >= 15 is 0 Å². The molecule has 2 amide bonds. The number of esters is 1. The lowest BCUT2D eigenvalue weighted by Crippen LogP contribution is -2.59. The van der Waals surface area contributed by atoms with E-state index in [0.717, 1.165) is 0 Å². The number of amides is 2. The van der Waals surface area contributed by atoms with E-state index in [1.165, 1.54) is 6.92 Å². The zero-order chi connectivity index (χ0) is 23.6. The van der Waals surface area contributed by atoms with Crippen molar-refractivity contribution >= 4 is 43.0 Å². The summed E-state index contributed by atoms with van der Waals surface area (Å²) in [5.41, 5.74) is 0. The van der Waals surface area contributed by atoms with Gasteiger partial charge in [0.1, 0.15) is 18.4 Å². The summed E-state index contributed by atoms with van der Waals surface area (Å²) < 4.78 is 5.40. The second kappa shape index (κ2) is 14.0. The van der Waals surface area contributed by atoms with Gasteiger partial charge in [-0.1, -0.05) is 19.9 Å². The first-order valence-electron chi connectivity index (χ1n) is 10.4. The predicted octanol–water partition coefficient (Wildman–Crippen LogP) is -0.219. The highest BCUT2D eigenvalue weighted by molar-refractivity contribution is 7.80. The SMILES string of the molecule is CC(C)[C@H]1NC(O)[C@@H](CS)NC(=O)[C@@H](C)NC(=O)C[C@@H](C=CCCS)OC(=O)C[C@@H]1O. The molecule has 9 nitrogen and oxygen atoms in total. The van der Waals surface area contributed by atoms with Crippen molar-refractivity contribution in [2.75, 3.05) is 11.5 Å². The standard InChI is InChI=1S/C20H35N3O6S2/c1-11(2)18-15(24)9-17(26)29-13(6-4-5-7-30)8-16(25)21-12(3)19(27)22-14(10-31)20(28)23-18/h4,6,11-15,18,20,23-24,28,30-31H,5,7-10H2,1-3H3,(H,21,25)(H,22,27)/t12-,13-,14-,15+,18-,20?/m1/s1. The van der Waals surface area contributed by atoms with Gasteiger partial charge in [0.25, 0.3) is 0 Å². The molecule has 5 N–H and O–H groups in total. The number of hydrogen-bond donors (Lipinski definition) is 7. The molecule has 0 aliphatic carbocycles. The third kappa shape index (κ3) is 9.82. The first kappa shape index (κ1) is 27.8. The summed E-state index contributed by atoms with van der Waals surface area (Å²) >= 11 is 8.30. The first-order valence-corrected chi connectivity index (χ1v) is 11.6. The molecule has 1 saturated heterocycles. The van der Waals surface area contributed by atoms with E-state index in [9.17, 15) is 24.6 Å². The molecule has 0 aromatic carbocycles. The van der Waals surface area contributed by atoms with Crippen LogP contribution < -0.4 is 16.0 Å². The molecular formula is C20H35N3O6S2. The van der Waals surface area contributed by atoms with Crippen LogP contribution in [0.5, 0.6) is 0 Å².